The molecule has 4 rings (SSSR count). The highest BCUT2D eigenvalue weighted by atomic mass is 16.5. The largest absolute Gasteiger partial charge is 0.493 e. The van der Waals surface area contributed by atoms with E-state index in [2.05, 4.69) is 6.07 Å². The van der Waals surface area contributed by atoms with Crippen molar-refractivity contribution in [2.45, 2.75) is 0 Å². The molecule has 6 heteroatoms. The number of allylic oxidation sites excluding steroid dienone is 1. The average molecular weight is 450 g/mol. The number of aromatic nitrogens is 1. The molecule has 0 atom stereocenters. The van der Waals surface area contributed by atoms with Crippen molar-refractivity contribution in [3.05, 3.63) is 108 Å². The monoisotopic (exact) mass is 450 g/mol. The van der Waals surface area contributed by atoms with Crippen molar-refractivity contribution in [2.75, 3.05) is 14.2 Å². The van der Waals surface area contributed by atoms with E-state index in [1.807, 2.05) is 41.2 Å². The van der Waals surface area contributed by atoms with E-state index in [0.717, 1.165) is 11.3 Å². The van der Waals surface area contributed by atoms with Crippen LogP contribution in [0.2, 0.25) is 0 Å². The lowest BCUT2D eigenvalue weighted by Crippen LogP contribution is -2.08. The zero-order valence-electron chi connectivity index (χ0n) is 18.8. The Labute approximate surface area is 197 Å². The number of rotatable bonds is 7. The fourth-order valence-corrected chi connectivity index (χ4v) is 3.42. The van der Waals surface area contributed by atoms with Crippen LogP contribution in [0.4, 0.5) is 0 Å². The molecule has 3 aromatic carbocycles. The summed E-state index contributed by atoms with van der Waals surface area (Å²) in [6, 6.07) is 25.6. The number of hydrogen-bond acceptors (Lipinski definition) is 5. The van der Waals surface area contributed by atoms with E-state index in [9.17, 15) is 10.1 Å². The molecule has 0 N–H and O–H groups in total. The van der Waals surface area contributed by atoms with E-state index in [-0.39, 0.29) is 0 Å². The Hall–Kier alpha value is -4.76. The van der Waals surface area contributed by atoms with Crippen LogP contribution in [0, 0.1) is 11.3 Å². The average Bonchev–Trinajstić information content (AvgIpc) is 3.43. The third-order valence-corrected chi connectivity index (χ3v) is 5.22. The molecule has 0 unspecified atom stereocenters. The van der Waals surface area contributed by atoms with Gasteiger partial charge in [-0.3, -0.25) is 0 Å². The van der Waals surface area contributed by atoms with Crippen LogP contribution in [-0.4, -0.2) is 24.8 Å². The van der Waals surface area contributed by atoms with Gasteiger partial charge in [-0.15, -0.1) is 0 Å². The molecule has 0 radical (unpaired) electrons. The minimum atomic E-state index is -0.439. The van der Waals surface area contributed by atoms with Gasteiger partial charge in [0.25, 0.3) is 0 Å². The molecule has 1 heterocycles. The van der Waals surface area contributed by atoms with Crippen molar-refractivity contribution in [3.8, 4) is 29.0 Å². The molecule has 168 valence electrons. The highest BCUT2D eigenvalue weighted by molar-refractivity contribution is 5.92. The van der Waals surface area contributed by atoms with Gasteiger partial charge < -0.3 is 18.8 Å². The number of carbonyl (C=O) groups excluding carboxylic acids is 1. The molecule has 0 aliphatic heterocycles. The van der Waals surface area contributed by atoms with Crippen molar-refractivity contribution >= 4 is 17.6 Å². The van der Waals surface area contributed by atoms with Gasteiger partial charge in [0.1, 0.15) is 5.75 Å². The molecular weight excluding hydrogens is 428 g/mol. The van der Waals surface area contributed by atoms with Crippen molar-refractivity contribution in [1.82, 2.24) is 4.57 Å². The molecule has 1 aromatic heterocycles. The normalized spacial score (nSPS) is 10.9. The summed E-state index contributed by atoms with van der Waals surface area (Å²) < 4.78 is 18.0. The minimum absolute atomic E-state index is 0.418. The predicted octanol–water partition coefficient (Wildman–Crippen LogP) is 5.78. The summed E-state index contributed by atoms with van der Waals surface area (Å²) in [6.45, 7) is 0. The number of hydrogen-bond donors (Lipinski definition) is 0. The molecule has 0 saturated heterocycles. The van der Waals surface area contributed by atoms with Gasteiger partial charge in [-0.1, -0.05) is 12.1 Å². The number of carbonyl (C=O) groups is 1. The van der Waals surface area contributed by atoms with E-state index >= 15 is 0 Å². The SMILES string of the molecule is COc1ccc(/C(C#N)=C\c2ccc(OC(=O)c3ccc(-n4cccc4)cc3)cc2)cc1OC. The lowest BCUT2D eigenvalue weighted by Gasteiger charge is -2.09. The maximum absolute atomic E-state index is 12.5. The first kappa shape index (κ1) is 22.4. The van der Waals surface area contributed by atoms with Gasteiger partial charge in [-0.2, -0.15) is 5.26 Å². The molecule has 4 aromatic rings. The van der Waals surface area contributed by atoms with E-state index in [4.69, 9.17) is 14.2 Å². The van der Waals surface area contributed by atoms with E-state index < -0.39 is 5.97 Å². The fraction of sp³-hybridized carbons (Fsp3) is 0.0714. The lowest BCUT2D eigenvalue weighted by molar-refractivity contribution is 0.0735. The maximum atomic E-state index is 12.5. The molecule has 0 spiro atoms. The first-order chi connectivity index (χ1) is 16.6. The van der Waals surface area contributed by atoms with E-state index in [1.165, 1.54) is 0 Å². The zero-order valence-corrected chi connectivity index (χ0v) is 18.8. The number of nitrogens with zero attached hydrogens (tertiary/aromatic N) is 2. The summed E-state index contributed by atoms with van der Waals surface area (Å²) in [5, 5.41) is 9.65. The number of esters is 1. The zero-order chi connectivity index (χ0) is 23.9. The van der Waals surface area contributed by atoms with Crippen LogP contribution in [0.1, 0.15) is 21.5 Å². The molecule has 0 aliphatic carbocycles. The Bertz CT molecular complexity index is 1350. The van der Waals surface area contributed by atoms with Crippen molar-refractivity contribution < 1.29 is 19.0 Å². The highest BCUT2D eigenvalue weighted by Crippen LogP contribution is 2.31. The quantitative estimate of drug-likeness (QED) is 0.154. The number of benzene rings is 3. The van der Waals surface area contributed by atoms with Crippen LogP contribution in [0.15, 0.2) is 91.3 Å². The van der Waals surface area contributed by atoms with Crippen molar-refractivity contribution in [3.63, 3.8) is 0 Å². The van der Waals surface area contributed by atoms with Crippen LogP contribution < -0.4 is 14.2 Å². The summed E-state index contributed by atoms with van der Waals surface area (Å²) in [5.41, 5.74) is 3.38. The van der Waals surface area contributed by atoms with Gasteiger partial charge in [-0.05, 0) is 83.9 Å². The Kier molecular flexibility index (Phi) is 6.76. The third-order valence-electron chi connectivity index (χ3n) is 5.22. The standard InChI is InChI=1S/C28H22N2O4/c1-32-26-14-9-22(18-27(26)33-2)23(19-29)17-20-5-12-25(13-6-20)34-28(31)21-7-10-24(11-8-21)30-15-3-4-16-30/h3-18H,1-2H3/b23-17-. The first-order valence-corrected chi connectivity index (χ1v) is 10.5. The van der Waals surface area contributed by atoms with E-state index in [1.54, 1.807) is 74.9 Å². The Morgan fingerprint density at radius 3 is 2.12 bits per heavy atom. The van der Waals surface area contributed by atoms with Crippen LogP contribution in [0.3, 0.4) is 0 Å². The minimum Gasteiger partial charge on any atom is -0.493 e. The lowest BCUT2D eigenvalue weighted by atomic mass is 10.0. The summed E-state index contributed by atoms with van der Waals surface area (Å²) in [4.78, 5) is 12.5. The summed E-state index contributed by atoms with van der Waals surface area (Å²) in [7, 11) is 3.11. The number of methoxy groups -OCH3 is 2. The van der Waals surface area contributed by atoms with E-state index in [0.29, 0.717) is 33.9 Å². The molecular formula is C28H22N2O4. The van der Waals surface area contributed by atoms with Gasteiger partial charge in [0.15, 0.2) is 11.5 Å². The van der Waals surface area contributed by atoms with Gasteiger partial charge in [0.2, 0.25) is 0 Å². The van der Waals surface area contributed by atoms with Crippen LogP contribution in [0.5, 0.6) is 17.2 Å². The maximum Gasteiger partial charge on any atom is 0.343 e. The molecule has 0 amide bonds. The fourth-order valence-electron chi connectivity index (χ4n) is 3.42. The molecule has 34 heavy (non-hydrogen) atoms. The third kappa shape index (κ3) is 5.00. The van der Waals surface area contributed by atoms with Crippen LogP contribution >= 0.6 is 0 Å². The second-order valence-electron chi connectivity index (χ2n) is 7.34. The van der Waals surface area contributed by atoms with Gasteiger partial charge in [0, 0.05) is 18.1 Å². The second-order valence-corrected chi connectivity index (χ2v) is 7.34. The molecule has 0 bridgehead atoms. The first-order valence-electron chi connectivity index (χ1n) is 10.5. The van der Waals surface area contributed by atoms with Crippen molar-refractivity contribution in [2.24, 2.45) is 0 Å². The van der Waals surface area contributed by atoms with Gasteiger partial charge in [0.05, 0.1) is 31.4 Å². The predicted molar refractivity (Wildman–Crippen MR) is 130 cm³/mol. The van der Waals surface area contributed by atoms with Crippen LogP contribution in [-0.2, 0) is 0 Å². The molecule has 0 saturated carbocycles. The number of ether oxygens (including phenoxy) is 3. The topological polar surface area (TPSA) is 73.5 Å². The Morgan fingerprint density at radius 1 is 0.853 bits per heavy atom. The summed E-state index contributed by atoms with van der Waals surface area (Å²) in [5.74, 6) is 1.12. The Balaban J connectivity index is 1.46. The van der Waals surface area contributed by atoms with Gasteiger partial charge >= 0.3 is 5.97 Å². The molecule has 0 fully saturated rings. The van der Waals surface area contributed by atoms with Crippen molar-refractivity contribution in [1.29, 1.82) is 5.26 Å². The Morgan fingerprint density at radius 2 is 1.50 bits per heavy atom. The smallest absolute Gasteiger partial charge is 0.343 e. The molecule has 6 nitrogen and oxygen atoms in total. The summed E-state index contributed by atoms with van der Waals surface area (Å²) >= 11 is 0. The second kappa shape index (κ2) is 10.2. The molecule has 0 aliphatic rings. The highest BCUT2D eigenvalue weighted by Gasteiger charge is 2.10. The van der Waals surface area contributed by atoms with Gasteiger partial charge in [-0.25, -0.2) is 4.79 Å². The number of nitriles is 1. The summed E-state index contributed by atoms with van der Waals surface area (Å²) in [6.07, 6.45) is 5.63. The van der Waals surface area contributed by atoms with Crippen LogP contribution in [0.25, 0.3) is 17.3 Å².